The molecule has 1 saturated carbocycles. The molecule has 0 aliphatic heterocycles. The van der Waals surface area contributed by atoms with E-state index in [1.165, 1.54) is 44.1 Å². The summed E-state index contributed by atoms with van der Waals surface area (Å²) in [7, 11) is 2.20. The lowest BCUT2D eigenvalue weighted by Gasteiger charge is -2.28. The molecule has 0 radical (unpaired) electrons. The van der Waals surface area contributed by atoms with Crippen LogP contribution in [0.5, 0.6) is 0 Å². The van der Waals surface area contributed by atoms with Gasteiger partial charge in [-0.05, 0) is 36.9 Å². The lowest BCUT2D eigenvalue weighted by Crippen LogP contribution is -2.31. The van der Waals surface area contributed by atoms with Crippen LogP contribution in [0.15, 0.2) is 18.3 Å². The smallest absolute Gasteiger partial charge is 0.128 e. The molecule has 1 aromatic heterocycles. The quantitative estimate of drug-likeness (QED) is 0.803. The summed E-state index contributed by atoms with van der Waals surface area (Å²) in [5, 5.41) is 3.47. The topological polar surface area (TPSA) is 28.2 Å². The van der Waals surface area contributed by atoms with Gasteiger partial charge in [0.25, 0.3) is 0 Å². The highest BCUT2D eigenvalue weighted by Crippen LogP contribution is 2.24. The molecule has 1 aliphatic carbocycles. The highest BCUT2D eigenvalue weighted by Gasteiger charge is 2.17. The van der Waals surface area contributed by atoms with E-state index >= 15 is 0 Å². The second kappa shape index (κ2) is 8.38. The van der Waals surface area contributed by atoms with Crippen LogP contribution in [0.3, 0.4) is 0 Å². The first-order valence-corrected chi connectivity index (χ1v) is 8.55. The molecule has 0 unspecified atom stereocenters. The van der Waals surface area contributed by atoms with Crippen LogP contribution in [0.2, 0.25) is 0 Å². The average molecular weight is 289 g/mol. The zero-order valence-corrected chi connectivity index (χ0v) is 13.9. The van der Waals surface area contributed by atoms with Gasteiger partial charge in [0.1, 0.15) is 5.82 Å². The van der Waals surface area contributed by atoms with E-state index in [2.05, 4.69) is 48.2 Å². The number of hydrogen-bond acceptors (Lipinski definition) is 3. The first kappa shape index (κ1) is 16.3. The molecule has 21 heavy (non-hydrogen) atoms. The van der Waals surface area contributed by atoms with Gasteiger partial charge in [-0.2, -0.15) is 0 Å². The number of nitrogens with zero attached hydrogens (tertiary/aromatic N) is 2. The third-order valence-electron chi connectivity index (χ3n) is 4.42. The Balaban J connectivity index is 1.88. The van der Waals surface area contributed by atoms with Gasteiger partial charge in [-0.1, -0.05) is 45.6 Å². The van der Waals surface area contributed by atoms with E-state index < -0.39 is 0 Å². The van der Waals surface area contributed by atoms with Crippen LogP contribution in [0.1, 0.15) is 57.9 Å². The summed E-state index contributed by atoms with van der Waals surface area (Å²) in [4.78, 5) is 7.05. The first-order chi connectivity index (χ1) is 10.2. The highest BCUT2D eigenvalue weighted by molar-refractivity contribution is 5.39. The minimum Gasteiger partial charge on any atom is -0.357 e. The zero-order valence-electron chi connectivity index (χ0n) is 13.9. The molecule has 1 N–H and O–H groups in total. The fourth-order valence-electron chi connectivity index (χ4n) is 3.07. The summed E-state index contributed by atoms with van der Waals surface area (Å²) in [6, 6.07) is 5.06. The number of nitrogens with one attached hydrogen (secondary N) is 1. The molecular formula is C18H31N3. The van der Waals surface area contributed by atoms with Crippen molar-refractivity contribution in [2.24, 2.45) is 5.92 Å². The van der Waals surface area contributed by atoms with Crippen molar-refractivity contribution in [3.63, 3.8) is 0 Å². The maximum atomic E-state index is 4.67. The van der Waals surface area contributed by atoms with E-state index in [4.69, 9.17) is 0 Å². The molecule has 2 rings (SSSR count). The van der Waals surface area contributed by atoms with Gasteiger partial charge in [-0.25, -0.2) is 4.98 Å². The molecule has 0 amide bonds. The summed E-state index contributed by atoms with van der Waals surface area (Å²) < 4.78 is 0. The Bertz CT molecular complexity index is 391. The van der Waals surface area contributed by atoms with Crippen molar-refractivity contribution in [3.8, 4) is 0 Å². The predicted octanol–water partition coefficient (Wildman–Crippen LogP) is 3.99. The molecule has 118 valence electrons. The fraction of sp³-hybridized carbons (Fsp3) is 0.722. The highest BCUT2D eigenvalue weighted by atomic mass is 15.2. The zero-order chi connectivity index (χ0) is 15.1. The van der Waals surface area contributed by atoms with Crippen LogP contribution >= 0.6 is 0 Å². The third-order valence-corrected chi connectivity index (χ3v) is 4.42. The van der Waals surface area contributed by atoms with Crippen molar-refractivity contribution in [2.45, 2.75) is 65.0 Å². The summed E-state index contributed by atoms with van der Waals surface area (Å²) in [5.41, 5.74) is 1.27. The van der Waals surface area contributed by atoms with E-state index in [-0.39, 0.29) is 0 Å². The standard InChI is InChI=1S/C18H31N3/c1-15(2)12-19-13-16-10-11-18(20-14-16)21(3)17-8-6-4-5-7-9-17/h10-11,14-15,17,19H,4-9,12-13H2,1-3H3. The van der Waals surface area contributed by atoms with Gasteiger partial charge in [0.15, 0.2) is 0 Å². The van der Waals surface area contributed by atoms with Crippen molar-refractivity contribution in [3.05, 3.63) is 23.9 Å². The molecule has 0 bridgehead atoms. The Morgan fingerprint density at radius 2 is 1.90 bits per heavy atom. The van der Waals surface area contributed by atoms with E-state index in [1.54, 1.807) is 0 Å². The minimum absolute atomic E-state index is 0.671. The van der Waals surface area contributed by atoms with Crippen molar-refractivity contribution in [2.75, 3.05) is 18.5 Å². The van der Waals surface area contributed by atoms with Gasteiger partial charge in [0.2, 0.25) is 0 Å². The van der Waals surface area contributed by atoms with Gasteiger partial charge in [-0.15, -0.1) is 0 Å². The number of aromatic nitrogens is 1. The number of pyridine rings is 1. The maximum Gasteiger partial charge on any atom is 0.128 e. The van der Waals surface area contributed by atoms with Crippen molar-refractivity contribution in [1.82, 2.24) is 10.3 Å². The monoisotopic (exact) mass is 289 g/mol. The molecule has 3 nitrogen and oxygen atoms in total. The molecular weight excluding hydrogens is 258 g/mol. The van der Waals surface area contributed by atoms with Crippen molar-refractivity contribution in [1.29, 1.82) is 0 Å². The van der Waals surface area contributed by atoms with Gasteiger partial charge in [0.05, 0.1) is 0 Å². The predicted molar refractivity (Wildman–Crippen MR) is 90.7 cm³/mol. The van der Waals surface area contributed by atoms with Crippen LogP contribution < -0.4 is 10.2 Å². The van der Waals surface area contributed by atoms with Gasteiger partial charge in [-0.3, -0.25) is 0 Å². The molecule has 1 aliphatic rings. The van der Waals surface area contributed by atoms with E-state index in [1.807, 2.05) is 6.20 Å². The lowest BCUT2D eigenvalue weighted by molar-refractivity contribution is 0.546. The minimum atomic E-state index is 0.671. The molecule has 0 aromatic carbocycles. The molecule has 3 heteroatoms. The normalized spacial score (nSPS) is 17.0. The van der Waals surface area contributed by atoms with Crippen LogP contribution in [0.4, 0.5) is 5.82 Å². The number of hydrogen-bond donors (Lipinski definition) is 1. The van der Waals surface area contributed by atoms with Crippen LogP contribution in [-0.2, 0) is 6.54 Å². The SMILES string of the molecule is CC(C)CNCc1ccc(N(C)C2CCCCCC2)nc1. The summed E-state index contributed by atoms with van der Waals surface area (Å²) in [5.74, 6) is 1.81. The fourth-order valence-corrected chi connectivity index (χ4v) is 3.07. The first-order valence-electron chi connectivity index (χ1n) is 8.55. The van der Waals surface area contributed by atoms with Gasteiger partial charge in [0, 0.05) is 25.8 Å². The lowest BCUT2D eigenvalue weighted by atomic mass is 10.1. The molecule has 1 heterocycles. The number of anilines is 1. The summed E-state index contributed by atoms with van der Waals surface area (Å²) >= 11 is 0. The third kappa shape index (κ3) is 5.31. The summed E-state index contributed by atoms with van der Waals surface area (Å²) in [6.07, 6.45) is 10.2. The van der Waals surface area contributed by atoms with E-state index in [9.17, 15) is 0 Å². The van der Waals surface area contributed by atoms with Gasteiger partial charge < -0.3 is 10.2 Å². The average Bonchev–Trinajstić information content (AvgIpc) is 2.76. The largest absolute Gasteiger partial charge is 0.357 e. The second-order valence-corrected chi connectivity index (χ2v) is 6.81. The second-order valence-electron chi connectivity index (χ2n) is 6.81. The van der Waals surface area contributed by atoms with E-state index in [0.29, 0.717) is 12.0 Å². The molecule has 0 atom stereocenters. The Kier molecular flexibility index (Phi) is 6.50. The van der Waals surface area contributed by atoms with Gasteiger partial charge >= 0.3 is 0 Å². The Morgan fingerprint density at radius 1 is 1.19 bits per heavy atom. The molecule has 0 saturated heterocycles. The molecule has 0 spiro atoms. The van der Waals surface area contributed by atoms with Crippen LogP contribution in [0.25, 0.3) is 0 Å². The van der Waals surface area contributed by atoms with Crippen molar-refractivity contribution < 1.29 is 0 Å². The number of rotatable bonds is 6. The summed E-state index contributed by atoms with van der Waals surface area (Å²) in [6.45, 7) is 6.44. The molecule has 1 aromatic rings. The Labute approximate surface area is 130 Å². The van der Waals surface area contributed by atoms with E-state index in [0.717, 1.165) is 18.9 Å². The Hall–Kier alpha value is -1.09. The van der Waals surface area contributed by atoms with Crippen LogP contribution in [-0.4, -0.2) is 24.6 Å². The maximum absolute atomic E-state index is 4.67. The molecule has 1 fully saturated rings. The van der Waals surface area contributed by atoms with Crippen LogP contribution in [0, 0.1) is 5.92 Å². The Morgan fingerprint density at radius 3 is 2.48 bits per heavy atom. The van der Waals surface area contributed by atoms with Crippen molar-refractivity contribution >= 4 is 5.82 Å².